The van der Waals surface area contributed by atoms with Crippen LogP contribution in [0, 0.1) is 0 Å². The van der Waals surface area contributed by atoms with E-state index in [1.54, 1.807) is 0 Å². The van der Waals surface area contributed by atoms with Gasteiger partial charge in [-0.3, -0.25) is 0 Å². The van der Waals surface area contributed by atoms with E-state index >= 15 is 0 Å². The first-order chi connectivity index (χ1) is 4.83. The van der Waals surface area contributed by atoms with Crippen molar-refractivity contribution in [3.05, 3.63) is 0 Å². The summed E-state index contributed by atoms with van der Waals surface area (Å²) < 4.78 is 5.38. The van der Waals surface area contributed by atoms with Gasteiger partial charge >= 0.3 is 0 Å². The molecular formula is C7H16N2O. The molecule has 1 aliphatic rings. The summed E-state index contributed by atoms with van der Waals surface area (Å²) in [5, 5.41) is 1.97. The van der Waals surface area contributed by atoms with Gasteiger partial charge in [-0.1, -0.05) is 13.3 Å². The molecule has 0 aromatic carbocycles. The number of nitrogens with one attached hydrogen (secondary N) is 1. The van der Waals surface area contributed by atoms with Crippen molar-refractivity contribution >= 4 is 0 Å². The number of hydrogen-bond donors (Lipinski definition) is 1. The quantitative estimate of drug-likeness (QED) is 0.637. The fraction of sp³-hybridized carbons (Fsp3) is 1.00. The van der Waals surface area contributed by atoms with E-state index in [0.717, 1.165) is 6.42 Å². The highest BCUT2D eigenvalue weighted by atomic mass is 16.5. The van der Waals surface area contributed by atoms with Gasteiger partial charge in [0.25, 0.3) is 0 Å². The minimum atomic E-state index is 0.268. The molecule has 60 valence electrons. The van der Waals surface area contributed by atoms with Crippen LogP contribution in [0.4, 0.5) is 0 Å². The Morgan fingerprint density at radius 3 is 3.00 bits per heavy atom. The minimum absolute atomic E-state index is 0.268. The summed E-state index contributed by atoms with van der Waals surface area (Å²) >= 11 is 0. The van der Waals surface area contributed by atoms with Crippen molar-refractivity contribution in [3.63, 3.8) is 0 Å². The first kappa shape index (κ1) is 7.98. The van der Waals surface area contributed by atoms with E-state index in [4.69, 9.17) is 4.74 Å². The topological polar surface area (TPSA) is 24.5 Å². The van der Waals surface area contributed by atoms with E-state index in [2.05, 4.69) is 12.3 Å². The highest BCUT2D eigenvalue weighted by Gasteiger charge is 2.17. The van der Waals surface area contributed by atoms with Gasteiger partial charge in [-0.25, -0.2) is 10.4 Å². The van der Waals surface area contributed by atoms with Gasteiger partial charge in [0.1, 0.15) is 13.0 Å². The van der Waals surface area contributed by atoms with Crippen molar-refractivity contribution < 1.29 is 4.74 Å². The van der Waals surface area contributed by atoms with Gasteiger partial charge < -0.3 is 4.74 Å². The molecule has 3 nitrogen and oxygen atoms in total. The first-order valence-electron chi connectivity index (χ1n) is 3.92. The van der Waals surface area contributed by atoms with Crippen LogP contribution < -0.4 is 5.43 Å². The van der Waals surface area contributed by atoms with Gasteiger partial charge in [-0.2, -0.15) is 0 Å². The average molecular weight is 144 g/mol. The number of ether oxygens (including phenoxy) is 1. The molecule has 1 aliphatic heterocycles. The number of hydrogen-bond acceptors (Lipinski definition) is 3. The summed E-state index contributed by atoms with van der Waals surface area (Å²) in [6.07, 6.45) is 3.88. The molecule has 3 heteroatoms. The molecule has 1 atom stereocenters. The zero-order valence-corrected chi connectivity index (χ0v) is 6.76. The zero-order chi connectivity index (χ0) is 7.40. The Morgan fingerprint density at radius 2 is 2.50 bits per heavy atom. The monoisotopic (exact) mass is 144 g/mol. The Kier molecular flexibility index (Phi) is 3.12. The summed E-state index contributed by atoms with van der Waals surface area (Å²) in [7, 11) is 1.99. The third-order valence-corrected chi connectivity index (χ3v) is 1.65. The summed E-state index contributed by atoms with van der Waals surface area (Å²) in [4.78, 5) is 0. The van der Waals surface area contributed by atoms with Crippen LogP contribution in [0.15, 0.2) is 0 Å². The Balaban J connectivity index is 2.06. The van der Waals surface area contributed by atoms with E-state index in [-0.39, 0.29) is 6.23 Å². The molecule has 1 unspecified atom stereocenters. The summed E-state index contributed by atoms with van der Waals surface area (Å²) in [5.41, 5.74) is 3.20. The second-order valence-electron chi connectivity index (χ2n) is 2.75. The van der Waals surface area contributed by atoms with Crippen molar-refractivity contribution in [1.29, 1.82) is 0 Å². The molecule has 0 bridgehead atoms. The first-order valence-corrected chi connectivity index (χ1v) is 3.92. The highest BCUT2D eigenvalue weighted by molar-refractivity contribution is 4.57. The number of rotatable bonds is 3. The van der Waals surface area contributed by atoms with Crippen LogP contribution in [0.5, 0.6) is 0 Å². The molecular weight excluding hydrogens is 128 g/mol. The van der Waals surface area contributed by atoms with Gasteiger partial charge in [-0.15, -0.1) is 0 Å². The molecule has 0 aromatic heterocycles. The third-order valence-electron chi connectivity index (χ3n) is 1.65. The number of unbranched alkanes of at least 4 members (excludes halogenated alkanes) is 1. The van der Waals surface area contributed by atoms with Gasteiger partial charge in [0.05, 0.1) is 0 Å². The normalized spacial score (nSPS) is 27.6. The van der Waals surface area contributed by atoms with E-state index in [1.807, 2.05) is 12.1 Å². The molecule has 0 radical (unpaired) electrons. The lowest BCUT2D eigenvalue weighted by Gasteiger charge is -2.08. The SMILES string of the molecule is CCCCC1NN(C)CO1. The standard InChI is InChI=1S/C7H16N2O/c1-3-4-5-7-8-9(2)6-10-7/h7-8H,3-6H2,1-2H3. The molecule has 1 rings (SSSR count). The van der Waals surface area contributed by atoms with Crippen molar-refractivity contribution in [3.8, 4) is 0 Å². The fourth-order valence-corrected chi connectivity index (χ4v) is 1.06. The van der Waals surface area contributed by atoms with Crippen molar-refractivity contribution in [2.75, 3.05) is 13.8 Å². The maximum Gasteiger partial charge on any atom is 0.122 e. The Morgan fingerprint density at radius 1 is 1.70 bits per heavy atom. The number of nitrogens with zero attached hydrogens (tertiary/aromatic N) is 1. The van der Waals surface area contributed by atoms with Gasteiger partial charge in [0, 0.05) is 7.05 Å². The number of hydrazine groups is 1. The zero-order valence-electron chi connectivity index (χ0n) is 6.76. The lowest BCUT2D eigenvalue weighted by atomic mass is 10.2. The van der Waals surface area contributed by atoms with Gasteiger partial charge in [0.15, 0.2) is 0 Å². The van der Waals surface area contributed by atoms with Crippen LogP contribution in [0.25, 0.3) is 0 Å². The largest absolute Gasteiger partial charge is 0.346 e. The van der Waals surface area contributed by atoms with Crippen molar-refractivity contribution in [2.24, 2.45) is 0 Å². The molecule has 1 saturated heterocycles. The van der Waals surface area contributed by atoms with Crippen LogP contribution in [-0.2, 0) is 4.74 Å². The second-order valence-corrected chi connectivity index (χ2v) is 2.75. The Bertz CT molecular complexity index is 97.6. The van der Waals surface area contributed by atoms with E-state index in [1.165, 1.54) is 12.8 Å². The van der Waals surface area contributed by atoms with Gasteiger partial charge in [0.2, 0.25) is 0 Å². The van der Waals surface area contributed by atoms with Crippen LogP contribution in [-0.4, -0.2) is 25.0 Å². The lowest BCUT2D eigenvalue weighted by Crippen LogP contribution is -2.32. The average Bonchev–Trinajstić information content (AvgIpc) is 2.31. The smallest absolute Gasteiger partial charge is 0.122 e. The third kappa shape index (κ3) is 2.25. The van der Waals surface area contributed by atoms with Crippen LogP contribution >= 0.6 is 0 Å². The molecule has 1 N–H and O–H groups in total. The van der Waals surface area contributed by atoms with E-state index in [9.17, 15) is 0 Å². The molecule has 0 aliphatic carbocycles. The molecule has 0 spiro atoms. The maximum absolute atomic E-state index is 5.38. The molecule has 1 heterocycles. The highest BCUT2D eigenvalue weighted by Crippen LogP contribution is 2.06. The fourth-order valence-electron chi connectivity index (χ4n) is 1.06. The lowest BCUT2D eigenvalue weighted by molar-refractivity contribution is 0.0844. The van der Waals surface area contributed by atoms with E-state index < -0.39 is 0 Å². The van der Waals surface area contributed by atoms with Crippen LogP contribution in [0.2, 0.25) is 0 Å². The molecule has 10 heavy (non-hydrogen) atoms. The van der Waals surface area contributed by atoms with Crippen molar-refractivity contribution in [2.45, 2.75) is 32.4 Å². The predicted molar refractivity (Wildman–Crippen MR) is 40.2 cm³/mol. The van der Waals surface area contributed by atoms with E-state index in [0.29, 0.717) is 6.73 Å². The molecule has 0 saturated carbocycles. The van der Waals surface area contributed by atoms with Crippen LogP contribution in [0.1, 0.15) is 26.2 Å². The molecule has 0 amide bonds. The minimum Gasteiger partial charge on any atom is -0.346 e. The summed E-state index contributed by atoms with van der Waals surface area (Å²) in [6, 6.07) is 0. The summed E-state index contributed by atoms with van der Waals surface area (Å²) in [5.74, 6) is 0. The predicted octanol–water partition coefficient (Wildman–Crippen LogP) is 0.927. The second kappa shape index (κ2) is 3.91. The molecule has 1 fully saturated rings. The Labute approximate surface area is 62.3 Å². The van der Waals surface area contributed by atoms with Crippen LogP contribution in [0.3, 0.4) is 0 Å². The molecule has 0 aromatic rings. The summed E-state index contributed by atoms with van der Waals surface area (Å²) in [6.45, 7) is 2.91. The Hall–Kier alpha value is -0.120. The van der Waals surface area contributed by atoms with Crippen molar-refractivity contribution in [1.82, 2.24) is 10.4 Å². The van der Waals surface area contributed by atoms with Gasteiger partial charge in [-0.05, 0) is 12.8 Å². The maximum atomic E-state index is 5.38.